The van der Waals surface area contributed by atoms with E-state index < -0.39 is 0 Å². The number of hydrazine groups is 1. The van der Waals surface area contributed by atoms with Gasteiger partial charge in [0.05, 0.1) is 13.2 Å². The number of nitrogens with two attached hydrogens (primary N) is 1. The van der Waals surface area contributed by atoms with Crippen LogP contribution in [0.4, 0.5) is 5.69 Å². The number of ether oxygens (including phenoxy) is 1. The summed E-state index contributed by atoms with van der Waals surface area (Å²) >= 11 is 0. The zero-order valence-electron chi connectivity index (χ0n) is 17.6. The van der Waals surface area contributed by atoms with Crippen molar-refractivity contribution in [3.05, 3.63) is 59.2 Å². The Kier molecular flexibility index (Phi) is 5.61. The third-order valence-electron chi connectivity index (χ3n) is 6.54. The molecule has 0 radical (unpaired) electrons. The Morgan fingerprint density at radius 2 is 1.97 bits per heavy atom. The number of methoxy groups -OCH3 is 1. The molecule has 0 bridgehead atoms. The first-order chi connectivity index (χ1) is 14.0. The lowest BCUT2D eigenvalue weighted by atomic mass is 9.80. The van der Waals surface area contributed by atoms with Crippen LogP contribution < -0.4 is 15.5 Å². The minimum absolute atomic E-state index is 0.00894. The first-order valence-corrected chi connectivity index (χ1v) is 10.5. The van der Waals surface area contributed by atoms with Crippen molar-refractivity contribution in [2.75, 3.05) is 25.6 Å². The minimum Gasteiger partial charge on any atom is -0.496 e. The SMILES string of the molecule is COc1cc2c(cc1C[C@@H]1CCCN(N)[C@@H]1c1ccccc1)N(C)C(=O)C(C)C2. The number of carbonyl (C=O) groups excluding carboxylic acids is 1. The monoisotopic (exact) mass is 393 g/mol. The van der Waals surface area contributed by atoms with Gasteiger partial charge in [0.1, 0.15) is 5.75 Å². The van der Waals surface area contributed by atoms with Crippen molar-refractivity contribution in [3.63, 3.8) is 0 Å². The van der Waals surface area contributed by atoms with Crippen LogP contribution >= 0.6 is 0 Å². The largest absolute Gasteiger partial charge is 0.496 e. The summed E-state index contributed by atoms with van der Waals surface area (Å²) in [5, 5.41) is 1.99. The number of benzene rings is 2. The molecular formula is C24H31N3O2. The Morgan fingerprint density at radius 3 is 2.69 bits per heavy atom. The zero-order valence-corrected chi connectivity index (χ0v) is 17.6. The van der Waals surface area contributed by atoms with Crippen molar-refractivity contribution < 1.29 is 9.53 Å². The number of carbonyl (C=O) groups is 1. The molecule has 2 heterocycles. The molecule has 5 nitrogen and oxygen atoms in total. The topological polar surface area (TPSA) is 58.8 Å². The van der Waals surface area contributed by atoms with E-state index in [-0.39, 0.29) is 17.9 Å². The van der Waals surface area contributed by atoms with Gasteiger partial charge in [-0.15, -0.1) is 0 Å². The Bertz CT molecular complexity index is 883. The molecule has 2 aromatic carbocycles. The van der Waals surface area contributed by atoms with Crippen LogP contribution in [0.15, 0.2) is 42.5 Å². The second-order valence-corrected chi connectivity index (χ2v) is 8.49. The van der Waals surface area contributed by atoms with Crippen LogP contribution in [-0.4, -0.2) is 31.6 Å². The quantitative estimate of drug-likeness (QED) is 0.805. The first kappa shape index (κ1) is 19.9. The molecule has 1 fully saturated rings. The van der Waals surface area contributed by atoms with Crippen LogP contribution in [0, 0.1) is 11.8 Å². The van der Waals surface area contributed by atoms with E-state index >= 15 is 0 Å². The number of hydrogen-bond donors (Lipinski definition) is 1. The van der Waals surface area contributed by atoms with Crippen molar-refractivity contribution in [2.24, 2.45) is 17.7 Å². The molecule has 2 aliphatic rings. The number of piperidine rings is 1. The summed E-state index contributed by atoms with van der Waals surface area (Å²) < 4.78 is 5.77. The third-order valence-corrected chi connectivity index (χ3v) is 6.54. The Hall–Kier alpha value is -2.37. The Labute approximate surface area is 173 Å². The van der Waals surface area contributed by atoms with Gasteiger partial charge in [0, 0.05) is 25.2 Å². The molecule has 1 amide bonds. The summed E-state index contributed by atoms with van der Waals surface area (Å²) in [7, 11) is 3.61. The van der Waals surface area contributed by atoms with Crippen LogP contribution in [0.25, 0.3) is 0 Å². The van der Waals surface area contributed by atoms with Crippen molar-refractivity contribution in [1.82, 2.24) is 5.01 Å². The summed E-state index contributed by atoms with van der Waals surface area (Å²) in [6.45, 7) is 2.90. The standard InChI is InChI=1S/C24H31N3O2/c1-16-12-19-15-22(29-3)20(14-21(19)26(2)24(16)28)13-18-10-7-11-27(25)23(18)17-8-5-4-6-9-17/h4-6,8-9,14-16,18,23H,7,10-13,25H2,1-3H3/t16?,18-,23+/m0/s1. The highest BCUT2D eigenvalue weighted by molar-refractivity contribution is 5.97. The number of amides is 1. The van der Waals surface area contributed by atoms with E-state index in [0.29, 0.717) is 5.92 Å². The van der Waals surface area contributed by atoms with E-state index in [9.17, 15) is 4.79 Å². The highest BCUT2D eigenvalue weighted by Gasteiger charge is 2.33. The number of hydrogen-bond acceptors (Lipinski definition) is 4. The molecule has 1 saturated heterocycles. The maximum atomic E-state index is 12.5. The number of nitrogens with zero attached hydrogens (tertiary/aromatic N) is 2. The van der Waals surface area contributed by atoms with Gasteiger partial charge in [-0.05, 0) is 60.4 Å². The summed E-state index contributed by atoms with van der Waals surface area (Å²) in [6, 6.07) is 15.0. The lowest BCUT2D eigenvalue weighted by Crippen LogP contribution is -2.44. The molecule has 0 aromatic heterocycles. The van der Waals surface area contributed by atoms with Crippen LogP contribution in [0.3, 0.4) is 0 Å². The number of rotatable bonds is 4. The summed E-state index contributed by atoms with van der Waals surface area (Å²) in [5.41, 5.74) is 4.61. The lowest BCUT2D eigenvalue weighted by molar-refractivity contribution is -0.121. The Balaban J connectivity index is 1.68. The van der Waals surface area contributed by atoms with Gasteiger partial charge in [-0.25, -0.2) is 5.01 Å². The maximum absolute atomic E-state index is 12.5. The van der Waals surface area contributed by atoms with E-state index in [1.807, 2.05) is 25.0 Å². The molecule has 4 rings (SSSR count). The molecule has 29 heavy (non-hydrogen) atoms. The smallest absolute Gasteiger partial charge is 0.229 e. The second-order valence-electron chi connectivity index (χ2n) is 8.49. The third kappa shape index (κ3) is 3.77. The predicted octanol–water partition coefficient (Wildman–Crippen LogP) is 3.72. The Morgan fingerprint density at radius 1 is 1.21 bits per heavy atom. The van der Waals surface area contributed by atoms with Crippen molar-refractivity contribution >= 4 is 11.6 Å². The molecule has 154 valence electrons. The van der Waals surface area contributed by atoms with Gasteiger partial charge in [-0.1, -0.05) is 37.3 Å². The number of anilines is 1. The summed E-state index contributed by atoms with van der Waals surface area (Å²) in [4.78, 5) is 14.3. The number of fused-ring (bicyclic) bond motifs is 1. The fourth-order valence-corrected chi connectivity index (χ4v) is 5.06. The molecule has 2 N–H and O–H groups in total. The first-order valence-electron chi connectivity index (χ1n) is 10.5. The van der Waals surface area contributed by atoms with Gasteiger partial charge >= 0.3 is 0 Å². The van der Waals surface area contributed by atoms with Crippen LogP contribution in [0.2, 0.25) is 0 Å². The van der Waals surface area contributed by atoms with E-state index in [4.69, 9.17) is 10.6 Å². The van der Waals surface area contributed by atoms with Gasteiger partial charge in [-0.2, -0.15) is 0 Å². The minimum atomic E-state index is 0.00894. The van der Waals surface area contributed by atoms with Gasteiger partial charge < -0.3 is 9.64 Å². The summed E-state index contributed by atoms with van der Waals surface area (Å²) in [6.07, 6.45) is 3.86. The summed E-state index contributed by atoms with van der Waals surface area (Å²) in [5.74, 6) is 7.94. The van der Waals surface area contributed by atoms with Crippen molar-refractivity contribution in [3.8, 4) is 5.75 Å². The predicted molar refractivity (Wildman–Crippen MR) is 116 cm³/mol. The van der Waals surface area contributed by atoms with Crippen molar-refractivity contribution in [1.29, 1.82) is 0 Å². The molecule has 0 aliphatic carbocycles. The molecule has 0 saturated carbocycles. The van der Waals surface area contributed by atoms with E-state index in [1.54, 1.807) is 12.0 Å². The molecule has 5 heteroatoms. The van der Waals surface area contributed by atoms with Gasteiger partial charge in [0.2, 0.25) is 5.91 Å². The molecule has 0 spiro atoms. The van der Waals surface area contributed by atoms with Crippen LogP contribution in [-0.2, 0) is 17.6 Å². The van der Waals surface area contributed by atoms with Crippen LogP contribution in [0.1, 0.15) is 42.5 Å². The van der Waals surface area contributed by atoms with Gasteiger partial charge in [0.25, 0.3) is 0 Å². The normalized spacial score (nSPS) is 25.0. The zero-order chi connectivity index (χ0) is 20.5. The highest BCUT2D eigenvalue weighted by atomic mass is 16.5. The highest BCUT2D eigenvalue weighted by Crippen LogP contribution is 2.40. The van der Waals surface area contributed by atoms with Gasteiger partial charge in [-0.3, -0.25) is 10.6 Å². The van der Waals surface area contributed by atoms with Gasteiger partial charge in [0.15, 0.2) is 0 Å². The second kappa shape index (κ2) is 8.17. The van der Waals surface area contributed by atoms with Crippen molar-refractivity contribution in [2.45, 2.75) is 38.6 Å². The fourth-order valence-electron chi connectivity index (χ4n) is 5.06. The average Bonchev–Trinajstić information content (AvgIpc) is 2.73. The van der Waals surface area contributed by atoms with E-state index in [0.717, 1.165) is 49.2 Å². The fraction of sp³-hybridized carbons (Fsp3) is 0.458. The van der Waals surface area contributed by atoms with E-state index in [1.165, 1.54) is 11.1 Å². The molecule has 3 atom stereocenters. The van der Waals surface area contributed by atoms with E-state index in [2.05, 4.69) is 36.4 Å². The lowest BCUT2D eigenvalue weighted by Gasteiger charge is -2.39. The molecule has 1 unspecified atom stereocenters. The molecule has 2 aliphatic heterocycles. The maximum Gasteiger partial charge on any atom is 0.229 e. The molecular weight excluding hydrogens is 362 g/mol. The molecule has 2 aromatic rings. The average molecular weight is 394 g/mol. The van der Waals surface area contributed by atoms with Crippen LogP contribution in [0.5, 0.6) is 5.75 Å².